The number of hydrogen-bond acceptors (Lipinski definition) is 8. The lowest BCUT2D eigenvalue weighted by Gasteiger charge is -2.28. The number of sulfonamides is 1. The Hall–Kier alpha value is -3.64. The standard InChI is InChI=1S/C25H28N6O4S2/c1-29(36(2,32)33)23-6-4-3-5-20(23)18-31-12-11-19-17-26-25(28-24(19)31)27-21-7-9-22(10-8-21)30-13-15-37(34,35)16-14-30/h3-12,17H,13-16,18H2,1-2H3,(H,26,27,28). The fourth-order valence-electron chi connectivity index (χ4n) is 4.33. The molecule has 0 bridgehead atoms. The fraction of sp³-hybridized carbons (Fsp3) is 0.280. The number of hydrogen-bond donors (Lipinski definition) is 1. The molecule has 37 heavy (non-hydrogen) atoms. The Labute approximate surface area is 216 Å². The molecule has 1 aliphatic rings. The van der Waals surface area contributed by atoms with Gasteiger partial charge in [0.1, 0.15) is 5.65 Å². The van der Waals surface area contributed by atoms with Crippen LogP contribution in [0.2, 0.25) is 0 Å². The zero-order valence-corrected chi connectivity index (χ0v) is 22.2. The van der Waals surface area contributed by atoms with E-state index in [1.165, 1.54) is 10.6 Å². The van der Waals surface area contributed by atoms with Crippen LogP contribution in [0.15, 0.2) is 67.0 Å². The van der Waals surface area contributed by atoms with Crippen LogP contribution in [0.5, 0.6) is 0 Å². The molecule has 1 saturated heterocycles. The van der Waals surface area contributed by atoms with Gasteiger partial charge in [-0.25, -0.2) is 21.8 Å². The molecule has 12 heteroatoms. The second-order valence-electron chi connectivity index (χ2n) is 9.09. The SMILES string of the molecule is CN(c1ccccc1Cn1ccc2cnc(Nc3ccc(N4CCS(=O)(=O)CC4)cc3)nc21)S(C)(=O)=O. The Balaban J connectivity index is 1.35. The topological polar surface area (TPSA) is 118 Å². The van der Waals surface area contributed by atoms with Crippen LogP contribution in [-0.2, 0) is 26.4 Å². The summed E-state index contributed by atoms with van der Waals surface area (Å²) >= 11 is 0. The zero-order chi connectivity index (χ0) is 26.2. The molecule has 0 saturated carbocycles. The summed E-state index contributed by atoms with van der Waals surface area (Å²) in [6.07, 6.45) is 4.84. The molecule has 0 atom stereocenters. The quantitative estimate of drug-likeness (QED) is 0.380. The Morgan fingerprint density at radius 2 is 1.73 bits per heavy atom. The molecule has 0 aliphatic carbocycles. The Kier molecular flexibility index (Phi) is 6.54. The molecule has 1 aliphatic heterocycles. The molecule has 5 rings (SSSR count). The van der Waals surface area contributed by atoms with Crippen LogP contribution < -0.4 is 14.5 Å². The molecule has 2 aromatic heterocycles. The van der Waals surface area contributed by atoms with Crippen molar-refractivity contribution in [3.63, 3.8) is 0 Å². The highest BCUT2D eigenvalue weighted by Crippen LogP contribution is 2.25. The van der Waals surface area contributed by atoms with Crippen molar-refractivity contribution in [1.29, 1.82) is 0 Å². The third kappa shape index (κ3) is 5.54. The molecule has 0 amide bonds. The van der Waals surface area contributed by atoms with Gasteiger partial charge in [0, 0.05) is 49.3 Å². The van der Waals surface area contributed by atoms with E-state index in [2.05, 4.69) is 15.2 Å². The molecular weight excluding hydrogens is 512 g/mol. The van der Waals surface area contributed by atoms with Gasteiger partial charge in [-0.1, -0.05) is 18.2 Å². The third-order valence-corrected chi connectivity index (χ3v) is 9.30. The maximum absolute atomic E-state index is 12.1. The molecule has 1 N–H and O–H groups in total. The van der Waals surface area contributed by atoms with Gasteiger partial charge in [-0.15, -0.1) is 0 Å². The summed E-state index contributed by atoms with van der Waals surface area (Å²) in [7, 11) is -4.78. The highest BCUT2D eigenvalue weighted by Gasteiger charge is 2.21. The highest BCUT2D eigenvalue weighted by molar-refractivity contribution is 7.92. The van der Waals surface area contributed by atoms with E-state index in [9.17, 15) is 16.8 Å². The first-order chi connectivity index (χ1) is 17.6. The van der Waals surface area contributed by atoms with Gasteiger partial charge in [0.05, 0.1) is 30.0 Å². The van der Waals surface area contributed by atoms with E-state index in [1.807, 2.05) is 59.3 Å². The summed E-state index contributed by atoms with van der Waals surface area (Å²) in [5.74, 6) is 0.788. The van der Waals surface area contributed by atoms with Gasteiger partial charge in [0.2, 0.25) is 16.0 Å². The largest absolute Gasteiger partial charge is 0.369 e. The number of nitrogens with one attached hydrogen (secondary N) is 1. The van der Waals surface area contributed by atoms with Gasteiger partial charge in [0.25, 0.3) is 0 Å². The van der Waals surface area contributed by atoms with Crippen LogP contribution in [0.4, 0.5) is 23.0 Å². The van der Waals surface area contributed by atoms with Crippen LogP contribution in [0.25, 0.3) is 11.0 Å². The predicted molar refractivity (Wildman–Crippen MR) is 147 cm³/mol. The second-order valence-corrected chi connectivity index (χ2v) is 13.4. The number of rotatable bonds is 7. The van der Waals surface area contributed by atoms with Crippen LogP contribution in [0, 0.1) is 0 Å². The number of sulfone groups is 1. The van der Waals surface area contributed by atoms with Gasteiger partial charge in [-0.2, -0.15) is 4.98 Å². The van der Waals surface area contributed by atoms with Crippen molar-refractivity contribution in [2.45, 2.75) is 6.54 Å². The molecule has 194 valence electrons. The minimum atomic E-state index is -3.40. The summed E-state index contributed by atoms with van der Waals surface area (Å²) in [4.78, 5) is 11.2. The summed E-state index contributed by atoms with van der Waals surface area (Å²) < 4.78 is 50.9. The van der Waals surface area contributed by atoms with E-state index in [4.69, 9.17) is 4.98 Å². The summed E-state index contributed by atoms with van der Waals surface area (Å²) in [6.45, 7) is 1.43. The van der Waals surface area contributed by atoms with E-state index in [-0.39, 0.29) is 11.5 Å². The average molecular weight is 541 g/mol. The maximum atomic E-state index is 12.1. The van der Waals surface area contributed by atoms with Crippen LogP contribution >= 0.6 is 0 Å². The minimum absolute atomic E-state index is 0.176. The first-order valence-corrected chi connectivity index (χ1v) is 15.4. The number of aromatic nitrogens is 3. The van der Waals surface area contributed by atoms with Crippen molar-refractivity contribution in [2.24, 2.45) is 0 Å². The van der Waals surface area contributed by atoms with Crippen molar-refractivity contribution in [2.75, 3.05) is 52.4 Å². The fourth-order valence-corrected chi connectivity index (χ4v) is 6.06. The van der Waals surface area contributed by atoms with E-state index in [0.717, 1.165) is 28.0 Å². The van der Waals surface area contributed by atoms with Crippen molar-refractivity contribution < 1.29 is 16.8 Å². The number of fused-ring (bicyclic) bond motifs is 1. The predicted octanol–water partition coefficient (Wildman–Crippen LogP) is 2.85. The molecule has 4 aromatic rings. The average Bonchev–Trinajstić information content (AvgIpc) is 3.26. The second kappa shape index (κ2) is 9.67. The normalized spacial score (nSPS) is 15.6. The molecule has 0 radical (unpaired) electrons. The zero-order valence-electron chi connectivity index (χ0n) is 20.6. The molecule has 0 unspecified atom stereocenters. The number of nitrogens with zero attached hydrogens (tertiary/aromatic N) is 5. The Bertz CT molecular complexity index is 1640. The maximum Gasteiger partial charge on any atom is 0.232 e. The lowest BCUT2D eigenvalue weighted by molar-refractivity contribution is 0.586. The van der Waals surface area contributed by atoms with Gasteiger partial charge >= 0.3 is 0 Å². The van der Waals surface area contributed by atoms with E-state index >= 15 is 0 Å². The van der Waals surface area contributed by atoms with Crippen molar-refractivity contribution >= 4 is 53.9 Å². The lowest BCUT2D eigenvalue weighted by atomic mass is 10.2. The highest BCUT2D eigenvalue weighted by atomic mass is 32.2. The first-order valence-electron chi connectivity index (χ1n) is 11.8. The monoisotopic (exact) mass is 540 g/mol. The van der Waals surface area contributed by atoms with Gasteiger partial charge in [0.15, 0.2) is 9.84 Å². The number of anilines is 4. The van der Waals surface area contributed by atoms with Gasteiger partial charge < -0.3 is 14.8 Å². The smallest absolute Gasteiger partial charge is 0.232 e. The van der Waals surface area contributed by atoms with Gasteiger partial charge in [-0.05, 0) is 42.0 Å². The summed E-state index contributed by atoms with van der Waals surface area (Å²) in [5, 5.41) is 4.10. The molecule has 1 fully saturated rings. The summed E-state index contributed by atoms with van der Waals surface area (Å²) in [6, 6.07) is 17.1. The Morgan fingerprint density at radius 1 is 1.03 bits per heavy atom. The van der Waals surface area contributed by atoms with Crippen LogP contribution in [0.1, 0.15) is 5.56 Å². The van der Waals surface area contributed by atoms with E-state index in [0.29, 0.717) is 31.3 Å². The molecule has 0 spiro atoms. The van der Waals surface area contributed by atoms with Crippen LogP contribution in [-0.4, -0.2) is 69.3 Å². The summed E-state index contributed by atoms with van der Waals surface area (Å²) in [5.41, 5.74) is 3.97. The van der Waals surface area contributed by atoms with Crippen molar-refractivity contribution in [1.82, 2.24) is 14.5 Å². The van der Waals surface area contributed by atoms with E-state index in [1.54, 1.807) is 19.3 Å². The van der Waals surface area contributed by atoms with Gasteiger partial charge in [-0.3, -0.25) is 4.31 Å². The molecule has 2 aromatic carbocycles. The van der Waals surface area contributed by atoms with E-state index < -0.39 is 19.9 Å². The Morgan fingerprint density at radius 3 is 2.43 bits per heavy atom. The molecule has 10 nitrogen and oxygen atoms in total. The molecule has 3 heterocycles. The van der Waals surface area contributed by atoms with Crippen molar-refractivity contribution in [3.8, 4) is 0 Å². The third-order valence-electron chi connectivity index (χ3n) is 6.50. The lowest BCUT2D eigenvalue weighted by Crippen LogP contribution is -2.40. The molecular formula is C25H28N6O4S2. The minimum Gasteiger partial charge on any atom is -0.369 e. The number of para-hydroxylation sites is 1. The number of benzene rings is 2. The van der Waals surface area contributed by atoms with Crippen molar-refractivity contribution in [3.05, 3.63) is 72.6 Å². The van der Waals surface area contributed by atoms with Crippen LogP contribution in [0.3, 0.4) is 0 Å². The first kappa shape index (κ1) is 25.0.